The summed E-state index contributed by atoms with van der Waals surface area (Å²) in [6, 6.07) is 61.1. The Hall–Kier alpha value is -10.4. The van der Waals surface area contributed by atoms with Crippen molar-refractivity contribution in [1.82, 2.24) is 120 Å². The van der Waals surface area contributed by atoms with Crippen molar-refractivity contribution in [3.63, 3.8) is 0 Å². The van der Waals surface area contributed by atoms with E-state index in [4.69, 9.17) is 0 Å². The first-order valence-electron chi connectivity index (χ1n) is 32.9. The predicted octanol–water partition coefficient (Wildman–Crippen LogP) is 11.4. The van der Waals surface area contributed by atoms with Gasteiger partial charge in [0.05, 0.1) is 22.8 Å². The van der Waals surface area contributed by atoms with Gasteiger partial charge < -0.3 is 40.8 Å². The Kier molecular flexibility index (Phi) is 27.9. The van der Waals surface area contributed by atoms with Crippen molar-refractivity contribution in [3.8, 4) is 68.8 Å². The molecule has 0 bridgehead atoms. The fraction of sp³-hybridized carbons (Fsp3) is 0.179. The molecule has 12 aromatic heterocycles. The van der Waals surface area contributed by atoms with Crippen LogP contribution in [0.4, 0.5) is 0 Å². The van der Waals surface area contributed by atoms with E-state index in [-0.39, 0.29) is 84.3 Å². The van der Waals surface area contributed by atoms with Crippen molar-refractivity contribution in [2.24, 2.45) is 0 Å². The van der Waals surface area contributed by atoms with E-state index in [0.717, 1.165) is 136 Å². The van der Waals surface area contributed by atoms with Crippen molar-refractivity contribution >= 4 is 0 Å². The van der Waals surface area contributed by atoms with Crippen LogP contribution in [-0.2, 0) is 110 Å². The van der Waals surface area contributed by atoms with Crippen molar-refractivity contribution in [1.29, 1.82) is 0 Å². The van der Waals surface area contributed by atoms with Crippen LogP contribution >= 0.6 is 0 Å². The van der Waals surface area contributed by atoms with Gasteiger partial charge in [0, 0.05) is 94.1 Å². The van der Waals surface area contributed by atoms with E-state index in [1.807, 2.05) is 231 Å². The van der Waals surface area contributed by atoms with Gasteiger partial charge >= 0.3 is 84.3 Å². The number of aryl methyl sites for hydroxylation is 10. The number of rotatable bonds is 16. The second-order valence-electron chi connectivity index (χ2n) is 24.4. The van der Waals surface area contributed by atoms with Crippen molar-refractivity contribution in [2.45, 2.75) is 94.9 Å². The number of hydrogen-bond donors (Lipinski definition) is 0. The first kappa shape index (κ1) is 79.7. The quantitative estimate of drug-likeness (QED) is 0.0812. The Labute approximate surface area is 671 Å². The summed E-state index contributed by atoms with van der Waals surface area (Å²) >= 11 is 0. The van der Waals surface area contributed by atoms with Crippen molar-refractivity contribution < 1.29 is 84.3 Å². The maximum Gasteiger partial charge on any atom is 2.00 e. The molecule has 0 fully saturated rings. The van der Waals surface area contributed by atoms with Gasteiger partial charge in [0.1, 0.15) is 11.6 Å². The second kappa shape index (κ2) is 37.1. The van der Waals surface area contributed by atoms with E-state index >= 15 is 0 Å². The van der Waals surface area contributed by atoms with Gasteiger partial charge in [-0.2, -0.15) is 79.0 Å². The van der Waals surface area contributed by atoms with Crippen LogP contribution in [0.25, 0.3) is 68.8 Å². The van der Waals surface area contributed by atoms with Crippen LogP contribution in [0, 0.1) is 93.5 Å². The minimum absolute atomic E-state index is 0. The molecule has 16 aromatic rings. The van der Waals surface area contributed by atoms with Gasteiger partial charge in [0.2, 0.25) is 0 Å². The van der Waals surface area contributed by atoms with Crippen LogP contribution in [0.2, 0.25) is 0 Å². The Bertz CT molecular complexity index is 5020. The Morgan fingerprint density at radius 2 is 0.679 bits per heavy atom. The molecule has 0 atom stereocenters. The van der Waals surface area contributed by atoms with Gasteiger partial charge in [0.25, 0.3) is 11.9 Å². The molecule has 0 radical (unpaired) electrons. The summed E-state index contributed by atoms with van der Waals surface area (Å²) in [4.78, 5) is 35.7. The van der Waals surface area contributed by atoms with Gasteiger partial charge in [-0.05, 0) is 155 Å². The average molecular weight is 2120 g/mol. The van der Waals surface area contributed by atoms with E-state index in [1.54, 1.807) is 34.2 Å². The summed E-state index contributed by atoms with van der Waals surface area (Å²) in [6.45, 7) is 19.6. The summed E-state index contributed by atoms with van der Waals surface area (Å²) in [5.41, 5.74) is 24.1. The van der Waals surface area contributed by atoms with Gasteiger partial charge in [0.15, 0.2) is 0 Å². The normalized spacial score (nSPS) is 10.6. The molecule has 540 valence electrons. The van der Waals surface area contributed by atoms with Crippen LogP contribution in [0.3, 0.4) is 0 Å². The molecule has 0 aliphatic carbocycles. The first-order valence-corrected chi connectivity index (χ1v) is 32.9. The summed E-state index contributed by atoms with van der Waals surface area (Å²) in [6.07, 6.45) is 13.5. The zero-order valence-corrected chi connectivity index (χ0v) is 68.2. The third kappa shape index (κ3) is 21.0. The smallest absolute Gasteiger partial charge is 0.619 e. The molecular weight excluding hydrogens is 2050 g/mol. The largest absolute Gasteiger partial charge is 2.00 e. The molecule has 4 aromatic carbocycles. The van der Waals surface area contributed by atoms with E-state index in [1.165, 1.54) is 0 Å². The molecule has 28 heteroatoms. The summed E-state index contributed by atoms with van der Waals surface area (Å²) in [5, 5.41) is 50.5. The predicted molar refractivity (Wildman–Crippen MR) is 383 cm³/mol. The van der Waals surface area contributed by atoms with Gasteiger partial charge in [-0.15, -0.1) is 71.8 Å². The fourth-order valence-electron chi connectivity index (χ4n) is 11.0. The van der Waals surface area contributed by atoms with Crippen LogP contribution in [0.1, 0.15) is 102 Å². The van der Waals surface area contributed by atoms with Gasteiger partial charge in [-0.25, -0.2) is 60.6 Å². The minimum atomic E-state index is 0. The molecule has 12 heterocycles. The monoisotopic (exact) mass is 2120 g/mol. The molecule has 0 amide bonds. The molecule has 16 rings (SSSR count). The number of hydrogen-bond acceptors (Lipinski definition) is 16. The van der Waals surface area contributed by atoms with Crippen molar-refractivity contribution in [3.05, 3.63) is 309 Å². The van der Waals surface area contributed by atoms with E-state index in [9.17, 15) is 0 Å². The molecule has 0 saturated heterocycles. The maximum absolute atomic E-state index is 4.66. The average Bonchev–Trinajstić information content (AvgIpc) is 1.12. The standard InChI is InChI=1S/2C20H18N6.2C19H16N6.4Pt/c1-13-10-19(24-23-13)20-21-8-7-17(22-20)11-16-5-4-6-18(12-16)26-15(3)9-14(2)25-26;1-13-10-19(24-23-13)17-6-4-5-16(11-17)12-18-7-8-21-20(22-18)26-15(3)9-14(2)25-26;1-13-7-9-25(24-13)17-5-3-4-15(12-17)11-16-6-8-20-19(21-16)18-10-14(2)22-23-18;1-13-7-9-25(24-13)19-20-8-6-17(21-19)12-15-4-3-5-16(11-15)18-10-14(2)22-23-18;;;;/h4-10H,11H2,1-3H3;4-10H,12H2,1-3H3;3-10H,11H2,1-2H3;3-10H,12H2,1-2H3;;;;/q4*-2;4*+2. The van der Waals surface area contributed by atoms with Crippen LogP contribution < -0.4 is 20.4 Å². The SMILES string of the molecule is Cc1cc(-c2[c-]c(Cc3ccnc(-n4ccc(C)n4)n3)ccc2)[n-]n1.Cc1cc(-c2[c-]c(Cc3ccnc(-n4nc(C)cc4C)n3)ccc2)[n-]n1.Cc1cc(-c2nccc(Cc3[c-]c(-n4ccc(C)n4)ccc3)n2)[n-]n1.Cc1cc(-c2nccc(Cc3[c-]c(-n4nc(C)cc4C)ccc3)n2)[n-]n1.[Pt+2].[Pt+2].[Pt+2].[Pt+2]. The van der Waals surface area contributed by atoms with E-state index < -0.39 is 0 Å². The third-order valence-corrected chi connectivity index (χ3v) is 15.7. The van der Waals surface area contributed by atoms with Gasteiger partial charge in [-0.1, -0.05) is 35.7 Å². The Morgan fingerprint density at radius 1 is 0.311 bits per heavy atom. The first-order chi connectivity index (χ1) is 49.5. The molecule has 106 heavy (non-hydrogen) atoms. The Balaban J connectivity index is 0.000000161. The number of aromatic nitrogens is 24. The summed E-state index contributed by atoms with van der Waals surface area (Å²) < 4.78 is 7.18. The number of nitrogens with zero attached hydrogens (tertiary/aromatic N) is 24. The summed E-state index contributed by atoms with van der Waals surface area (Å²) in [5.74, 6) is 2.34. The third-order valence-electron chi connectivity index (χ3n) is 15.7. The zero-order valence-electron chi connectivity index (χ0n) is 59.1. The topological polar surface area (TPSA) is 282 Å². The molecular formula is C78H68N24Pt4. The van der Waals surface area contributed by atoms with Crippen molar-refractivity contribution in [2.75, 3.05) is 0 Å². The summed E-state index contributed by atoms with van der Waals surface area (Å²) in [7, 11) is 0. The molecule has 0 aliphatic rings. The zero-order chi connectivity index (χ0) is 70.6. The molecule has 0 aliphatic heterocycles. The fourth-order valence-corrected chi connectivity index (χ4v) is 11.0. The van der Waals surface area contributed by atoms with Gasteiger partial charge in [-0.3, -0.25) is 9.36 Å². The molecule has 0 spiro atoms. The minimum Gasteiger partial charge on any atom is -0.619 e. The molecule has 24 nitrogen and oxygen atoms in total. The molecule has 0 unspecified atom stereocenters. The maximum atomic E-state index is 4.66. The molecule has 0 N–H and O–H groups in total. The van der Waals surface area contributed by atoms with E-state index in [0.29, 0.717) is 60.6 Å². The van der Waals surface area contributed by atoms with Crippen LogP contribution in [0.5, 0.6) is 0 Å². The van der Waals surface area contributed by atoms with Crippen LogP contribution in [-0.4, -0.2) is 99.4 Å². The van der Waals surface area contributed by atoms with Crippen LogP contribution in [0.15, 0.2) is 183 Å². The Morgan fingerprint density at radius 3 is 1.09 bits per heavy atom. The second-order valence-corrected chi connectivity index (χ2v) is 24.4. The number of benzene rings is 4. The van der Waals surface area contributed by atoms with E-state index in [2.05, 4.69) is 131 Å². The molecule has 0 saturated carbocycles.